The van der Waals surface area contributed by atoms with E-state index >= 15 is 0 Å². The minimum Gasteiger partial charge on any atom is -0.468 e. The van der Waals surface area contributed by atoms with E-state index in [0.717, 1.165) is 0 Å². The Morgan fingerprint density at radius 3 is 2.58 bits per heavy atom. The van der Waals surface area contributed by atoms with Crippen molar-refractivity contribution in [3.8, 4) is 0 Å². The second kappa shape index (κ2) is 6.19. The predicted molar refractivity (Wildman–Crippen MR) is 73.8 cm³/mol. The summed E-state index contributed by atoms with van der Waals surface area (Å²) in [6.45, 7) is 2.44. The molecule has 0 amide bonds. The fourth-order valence-electron chi connectivity index (χ4n) is 2.26. The van der Waals surface area contributed by atoms with Gasteiger partial charge in [0, 0.05) is 12.6 Å². The summed E-state index contributed by atoms with van der Waals surface area (Å²) in [5.41, 5.74) is -0.736. The molecule has 0 radical (unpaired) electrons. The van der Waals surface area contributed by atoms with E-state index in [1.165, 1.54) is 7.11 Å². The van der Waals surface area contributed by atoms with Crippen LogP contribution in [0, 0.1) is 0 Å². The molecule has 7 heteroatoms. The summed E-state index contributed by atoms with van der Waals surface area (Å²) in [5, 5.41) is 2.97. The van der Waals surface area contributed by atoms with Crippen molar-refractivity contribution in [3.05, 3.63) is 0 Å². The Hall–Kier alpha value is -0.660. The number of nitrogens with one attached hydrogen (secondary N) is 1. The number of likely N-dealkylation sites (N-methyl/N-ethyl adjacent to an activating group) is 1. The largest absolute Gasteiger partial charge is 0.468 e. The molecular weight excluding hydrogens is 268 g/mol. The number of hydrogen-bond acceptors (Lipinski definition) is 6. The van der Waals surface area contributed by atoms with Gasteiger partial charge in [-0.15, -0.1) is 0 Å². The summed E-state index contributed by atoms with van der Waals surface area (Å²) in [7, 11) is 2.12. The molecule has 2 atom stereocenters. The maximum Gasteiger partial charge on any atom is 0.325 e. The quantitative estimate of drug-likeness (QED) is 0.674. The van der Waals surface area contributed by atoms with Crippen molar-refractivity contribution in [1.82, 2.24) is 10.2 Å². The minimum absolute atomic E-state index is 0.0590. The standard InChI is InChI=1S/C12H24N2O4S/c1-12(13-2,11(15)18-4)6-7-14(3)10-5-8-19(16,17)9-10/h10,13H,5-9H2,1-4H3. The lowest BCUT2D eigenvalue weighted by Crippen LogP contribution is -2.50. The van der Waals surface area contributed by atoms with Crippen LogP contribution in [-0.4, -0.2) is 70.1 Å². The Kier molecular flexibility index (Phi) is 5.34. The molecule has 1 aliphatic rings. The van der Waals surface area contributed by atoms with Crippen LogP contribution in [-0.2, 0) is 19.4 Å². The second-order valence-electron chi connectivity index (χ2n) is 5.36. The molecule has 2 unspecified atom stereocenters. The van der Waals surface area contributed by atoms with Crippen molar-refractivity contribution in [2.45, 2.75) is 31.3 Å². The Morgan fingerprint density at radius 2 is 2.16 bits per heavy atom. The molecule has 6 nitrogen and oxygen atoms in total. The first-order chi connectivity index (χ1) is 8.74. The second-order valence-corrected chi connectivity index (χ2v) is 7.59. The molecule has 0 aromatic rings. The molecular formula is C12H24N2O4S. The first-order valence-corrected chi connectivity index (χ1v) is 8.24. The molecule has 0 bridgehead atoms. The maximum atomic E-state index is 11.7. The van der Waals surface area contributed by atoms with E-state index in [9.17, 15) is 13.2 Å². The molecule has 1 saturated heterocycles. The number of methoxy groups -OCH3 is 1. The van der Waals surface area contributed by atoms with Crippen LogP contribution in [0.3, 0.4) is 0 Å². The number of carbonyl (C=O) groups is 1. The highest BCUT2D eigenvalue weighted by atomic mass is 32.2. The van der Waals surface area contributed by atoms with Gasteiger partial charge in [0.15, 0.2) is 9.84 Å². The van der Waals surface area contributed by atoms with Crippen molar-refractivity contribution in [2.75, 3.05) is 39.3 Å². The van der Waals surface area contributed by atoms with E-state index < -0.39 is 15.4 Å². The lowest BCUT2D eigenvalue weighted by molar-refractivity contribution is -0.148. The molecule has 0 saturated carbocycles. The summed E-state index contributed by atoms with van der Waals surface area (Å²) >= 11 is 0. The van der Waals surface area contributed by atoms with Gasteiger partial charge in [-0.05, 0) is 33.9 Å². The zero-order valence-electron chi connectivity index (χ0n) is 12.1. The van der Waals surface area contributed by atoms with Gasteiger partial charge in [-0.3, -0.25) is 4.79 Å². The normalized spacial score (nSPS) is 25.2. The van der Waals surface area contributed by atoms with Gasteiger partial charge < -0.3 is 15.0 Å². The van der Waals surface area contributed by atoms with Gasteiger partial charge in [0.1, 0.15) is 5.54 Å². The Balaban J connectivity index is 2.54. The molecule has 1 heterocycles. The van der Waals surface area contributed by atoms with Crippen LogP contribution in [0.5, 0.6) is 0 Å². The third-order valence-corrected chi connectivity index (χ3v) is 5.73. The van der Waals surface area contributed by atoms with Crippen molar-refractivity contribution < 1.29 is 17.9 Å². The molecule has 0 aromatic heterocycles. The van der Waals surface area contributed by atoms with Crippen LogP contribution in [0.2, 0.25) is 0 Å². The average molecular weight is 292 g/mol. The van der Waals surface area contributed by atoms with E-state index in [2.05, 4.69) is 5.32 Å². The number of ether oxygens (including phenoxy) is 1. The number of esters is 1. The van der Waals surface area contributed by atoms with Gasteiger partial charge >= 0.3 is 5.97 Å². The Labute approximate surface area is 115 Å². The van der Waals surface area contributed by atoms with Crippen LogP contribution >= 0.6 is 0 Å². The third kappa shape index (κ3) is 4.15. The van der Waals surface area contributed by atoms with E-state index in [1.54, 1.807) is 14.0 Å². The van der Waals surface area contributed by atoms with Crippen LogP contribution in [0.15, 0.2) is 0 Å². The number of sulfone groups is 1. The lowest BCUT2D eigenvalue weighted by atomic mass is 9.97. The molecule has 0 spiro atoms. The SMILES string of the molecule is CNC(C)(CCN(C)C1CCS(=O)(=O)C1)C(=O)OC. The molecule has 1 rings (SSSR count). The minimum atomic E-state index is -2.87. The zero-order chi connectivity index (χ0) is 14.7. The van der Waals surface area contributed by atoms with Gasteiger partial charge in [-0.2, -0.15) is 0 Å². The van der Waals surface area contributed by atoms with E-state index in [0.29, 0.717) is 19.4 Å². The van der Waals surface area contributed by atoms with Gasteiger partial charge in [-0.1, -0.05) is 0 Å². The fourth-order valence-corrected chi connectivity index (χ4v) is 4.07. The van der Waals surface area contributed by atoms with E-state index in [-0.39, 0.29) is 23.5 Å². The van der Waals surface area contributed by atoms with Crippen molar-refractivity contribution in [3.63, 3.8) is 0 Å². The van der Waals surface area contributed by atoms with Gasteiger partial charge in [0.25, 0.3) is 0 Å². The predicted octanol–water partition coefficient (Wildman–Crippen LogP) is -0.353. The first-order valence-electron chi connectivity index (χ1n) is 6.42. The monoisotopic (exact) mass is 292 g/mol. The molecule has 19 heavy (non-hydrogen) atoms. The van der Waals surface area contributed by atoms with Crippen molar-refractivity contribution in [1.29, 1.82) is 0 Å². The molecule has 0 aliphatic carbocycles. The topological polar surface area (TPSA) is 75.7 Å². The smallest absolute Gasteiger partial charge is 0.325 e. The van der Waals surface area contributed by atoms with Crippen LogP contribution in [0.4, 0.5) is 0 Å². The summed E-state index contributed by atoms with van der Waals surface area (Å²) < 4.78 is 27.7. The number of rotatable bonds is 6. The van der Waals surface area contributed by atoms with Crippen molar-refractivity contribution in [2.24, 2.45) is 0 Å². The summed E-state index contributed by atoms with van der Waals surface area (Å²) in [5.74, 6) is 0.183. The number of hydrogen-bond donors (Lipinski definition) is 1. The summed E-state index contributed by atoms with van der Waals surface area (Å²) in [6.07, 6.45) is 1.25. The van der Waals surface area contributed by atoms with Crippen LogP contribution in [0.25, 0.3) is 0 Å². The number of carbonyl (C=O) groups excluding carboxylic acids is 1. The van der Waals surface area contributed by atoms with Crippen molar-refractivity contribution >= 4 is 15.8 Å². The summed E-state index contributed by atoms with van der Waals surface area (Å²) in [6, 6.07) is 0.0590. The van der Waals surface area contributed by atoms with Gasteiger partial charge in [0.2, 0.25) is 0 Å². The van der Waals surface area contributed by atoms with Gasteiger partial charge in [-0.25, -0.2) is 8.42 Å². The third-order valence-electron chi connectivity index (χ3n) is 3.98. The Morgan fingerprint density at radius 1 is 1.53 bits per heavy atom. The van der Waals surface area contributed by atoms with Crippen LogP contribution in [0.1, 0.15) is 19.8 Å². The highest BCUT2D eigenvalue weighted by Gasteiger charge is 2.35. The van der Waals surface area contributed by atoms with E-state index in [4.69, 9.17) is 4.74 Å². The highest BCUT2D eigenvalue weighted by molar-refractivity contribution is 7.91. The highest BCUT2D eigenvalue weighted by Crippen LogP contribution is 2.19. The molecule has 0 aromatic carbocycles. The fraction of sp³-hybridized carbons (Fsp3) is 0.917. The Bertz CT molecular complexity index is 423. The first kappa shape index (κ1) is 16.4. The number of nitrogens with zero attached hydrogens (tertiary/aromatic N) is 1. The maximum absolute atomic E-state index is 11.7. The molecule has 1 aliphatic heterocycles. The molecule has 112 valence electrons. The van der Waals surface area contributed by atoms with Gasteiger partial charge in [0.05, 0.1) is 18.6 Å². The summed E-state index contributed by atoms with van der Waals surface area (Å²) in [4.78, 5) is 13.7. The average Bonchev–Trinajstić information content (AvgIpc) is 2.74. The molecule has 1 N–H and O–H groups in total. The van der Waals surface area contributed by atoms with Crippen LogP contribution < -0.4 is 5.32 Å². The lowest BCUT2D eigenvalue weighted by Gasteiger charge is -2.30. The zero-order valence-corrected chi connectivity index (χ0v) is 12.9. The van der Waals surface area contributed by atoms with E-state index in [1.807, 2.05) is 11.9 Å². The molecule has 1 fully saturated rings.